The third-order valence-electron chi connectivity index (χ3n) is 12.8. The van der Waals surface area contributed by atoms with Crippen molar-refractivity contribution in [2.24, 2.45) is 58.2 Å². The maximum atomic E-state index is 13.1. The van der Waals surface area contributed by atoms with Crippen LogP contribution in [0.4, 0.5) is 0 Å². The van der Waals surface area contributed by atoms with Gasteiger partial charge in [0, 0.05) is 6.42 Å². The van der Waals surface area contributed by atoms with E-state index in [0.717, 1.165) is 37.0 Å². The zero-order valence-electron chi connectivity index (χ0n) is 27.5. The lowest BCUT2D eigenvalue weighted by Gasteiger charge is -2.61. The van der Waals surface area contributed by atoms with Gasteiger partial charge in [-0.1, -0.05) is 48.5 Å². The molecular weight excluding hydrogens is 528 g/mol. The van der Waals surface area contributed by atoms with Crippen molar-refractivity contribution in [3.63, 3.8) is 0 Å². The highest BCUT2D eigenvalue weighted by molar-refractivity contribution is 5.90. The van der Waals surface area contributed by atoms with Crippen LogP contribution in [0.25, 0.3) is 0 Å². The number of carboxylic acids is 1. The van der Waals surface area contributed by atoms with Crippen LogP contribution in [0, 0.1) is 58.2 Å². The van der Waals surface area contributed by atoms with Crippen LogP contribution in [-0.2, 0) is 14.4 Å². The number of amides is 2. The molecule has 42 heavy (non-hydrogen) atoms. The predicted molar refractivity (Wildman–Crippen MR) is 165 cm³/mol. The zero-order valence-corrected chi connectivity index (χ0v) is 27.5. The van der Waals surface area contributed by atoms with Gasteiger partial charge in [-0.15, -0.1) is 0 Å². The second-order valence-electron chi connectivity index (χ2n) is 16.1. The van der Waals surface area contributed by atoms with Crippen molar-refractivity contribution in [1.82, 2.24) is 10.6 Å². The summed E-state index contributed by atoms with van der Waals surface area (Å²) in [6.45, 7) is 15.0. The molecule has 7 nitrogen and oxygen atoms in total. The Labute approximate surface area is 254 Å². The normalized spacial score (nSPS) is 38.1. The van der Waals surface area contributed by atoms with Gasteiger partial charge in [0.25, 0.3) is 0 Å². The third-order valence-corrected chi connectivity index (χ3v) is 12.8. The summed E-state index contributed by atoms with van der Waals surface area (Å²) < 4.78 is 0. The number of aliphatic hydroxyl groups excluding tert-OH is 1. The minimum Gasteiger partial charge on any atom is -0.480 e. The molecule has 4 fully saturated rings. The van der Waals surface area contributed by atoms with Crippen molar-refractivity contribution < 1.29 is 24.6 Å². The van der Waals surface area contributed by atoms with Crippen LogP contribution in [0.15, 0.2) is 0 Å². The Morgan fingerprint density at radius 3 is 2.17 bits per heavy atom. The summed E-state index contributed by atoms with van der Waals surface area (Å²) in [7, 11) is 0. The van der Waals surface area contributed by atoms with Crippen molar-refractivity contribution in [3.8, 4) is 0 Å². The second kappa shape index (κ2) is 13.2. The largest absolute Gasteiger partial charge is 0.480 e. The van der Waals surface area contributed by atoms with Gasteiger partial charge in [0.15, 0.2) is 0 Å². The Kier molecular flexibility index (Phi) is 10.4. The number of hydrogen-bond acceptors (Lipinski definition) is 4. The minimum absolute atomic E-state index is 0.0980. The third kappa shape index (κ3) is 6.71. The molecule has 4 aliphatic rings. The van der Waals surface area contributed by atoms with E-state index in [0.29, 0.717) is 41.4 Å². The van der Waals surface area contributed by atoms with Gasteiger partial charge in [0.05, 0.1) is 6.10 Å². The van der Waals surface area contributed by atoms with Gasteiger partial charge < -0.3 is 20.8 Å². The van der Waals surface area contributed by atoms with E-state index in [1.807, 2.05) is 27.7 Å². The van der Waals surface area contributed by atoms with Gasteiger partial charge in [0.1, 0.15) is 12.1 Å². The number of hydrogen-bond donors (Lipinski definition) is 4. The van der Waals surface area contributed by atoms with Crippen LogP contribution < -0.4 is 10.6 Å². The van der Waals surface area contributed by atoms with E-state index in [2.05, 4.69) is 31.4 Å². The Hall–Kier alpha value is -1.63. The van der Waals surface area contributed by atoms with Crippen molar-refractivity contribution >= 4 is 17.8 Å². The number of aliphatic carboxylic acids is 1. The summed E-state index contributed by atoms with van der Waals surface area (Å²) in [4.78, 5) is 37.8. The first-order valence-corrected chi connectivity index (χ1v) is 17.2. The molecule has 7 heteroatoms. The highest BCUT2D eigenvalue weighted by atomic mass is 16.4. The molecule has 0 aromatic heterocycles. The summed E-state index contributed by atoms with van der Waals surface area (Å²) >= 11 is 0. The van der Waals surface area contributed by atoms with Crippen LogP contribution in [0.2, 0.25) is 0 Å². The fourth-order valence-electron chi connectivity index (χ4n) is 10.5. The molecule has 3 unspecified atom stereocenters. The summed E-state index contributed by atoms with van der Waals surface area (Å²) in [5.41, 5.74) is 0.723. The van der Waals surface area contributed by atoms with Crippen molar-refractivity contribution in [2.45, 2.75) is 144 Å². The van der Waals surface area contributed by atoms with E-state index >= 15 is 0 Å². The first-order chi connectivity index (χ1) is 19.7. The average Bonchev–Trinajstić information content (AvgIpc) is 3.27. The van der Waals surface area contributed by atoms with Gasteiger partial charge >= 0.3 is 5.97 Å². The summed E-state index contributed by atoms with van der Waals surface area (Å²) in [5, 5.41) is 25.5. The molecule has 0 bridgehead atoms. The van der Waals surface area contributed by atoms with E-state index in [9.17, 15) is 24.6 Å². The number of nitrogens with one attached hydrogen (secondary N) is 2. The molecule has 0 aromatic rings. The molecule has 4 N–H and O–H groups in total. The maximum absolute atomic E-state index is 13.1. The Balaban J connectivity index is 1.33. The monoisotopic (exact) mass is 588 g/mol. The Morgan fingerprint density at radius 2 is 1.52 bits per heavy atom. The van der Waals surface area contributed by atoms with Crippen LogP contribution >= 0.6 is 0 Å². The van der Waals surface area contributed by atoms with Crippen molar-refractivity contribution in [1.29, 1.82) is 0 Å². The fraction of sp³-hybridized carbons (Fsp3) is 0.914. The lowest BCUT2D eigenvalue weighted by molar-refractivity contribution is -0.143. The number of carbonyl (C=O) groups excluding carboxylic acids is 2. The van der Waals surface area contributed by atoms with E-state index in [-0.39, 0.29) is 23.8 Å². The molecule has 0 saturated heterocycles. The van der Waals surface area contributed by atoms with Crippen LogP contribution in [-0.4, -0.2) is 46.2 Å². The molecule has 0 aromatic carbocycles. The molecule has 0 spiro atoms. The number of rotatable bonds is 11. The minimum atomic E-state index is -1.04. The van der Waals surface area contributed by atoms with Gasteiger partial charge in [-0.05, 0) is 129 Å². The zero-order chi connectivity index (χ0) is 31.0. The SMILES string of the molecule is CC(C)CC(NC(=O)C(NC(=O)CCC(C)[C@H]1CC[C@H]2[C@@H]3CC[C@@H]4C[C@H](O)CC[C@]4(C)[C@H]3CC[C@]12C)C(C)C)C(=O)O. The topological polar surface area (TPSA) is 116 Å². The number of aliphatic hydroxyl groups is 1. The predicted octanol–water partition coefficient (Wildman–Crippen LogP) is 6.18. The lowest BCUT2D eigenvalue weighted by atomic mass is 9.44. The molecular formula is C35H60N2O5. The first kappa shape index (κ1) is 33.3. The summed E-state index contributed by atoms with van der Waals surface area (Å²) in [6, 6.07) is -1.70. The van der Waals surface area contributed by atoms with Crippen molar-refractivity contribution in [3.05, 3.63) is 0 Å². The highest BCUT2D eigenvalue weighted by Gasteiger charge is 2.60. The van der Waals surface area contributed by atoms with Gasteiger partial charge in [-0.25, -0.2) is 4.79 Å². The molecule has 4 saturated carbocycles. The lowest BCUT2D eigenvalue weighted by Crippen LogP contribution is -2.54. The number of carboxylic acid groups (broad SMARTS) is 1. The maximum Gasteiger partial charge on any atom is 0.326 e. The van der Waals surface area contributed by atoms with Crippen molar-refractivity contribution in [2.75, 3.05) is 0 Å². The Bertz CT molecular complexity index is 982. The molecule has 4 rings (SSSR count). The average molecular weight is 589 g/mol. The van der Waals surface area contributed by atoms with E-state index in [4.69, 9.17) is 0 Å². The van der Waals surface area contributed by atoms with E-state index < -0.39 is 24.0 Å². The van der Waals surface area contributed by atoms with Crippen LogP contribution in [0.3, 0.4) is 0 Å². The standard InChI is InChI=1S/C35H60N2O5/c1-20(2)18-29(33(41)42)36-32(40)31(21(3)4)37-30(39)13-8-22(5)26-11-12-27-25-10-9-23-19-24(38)14-16-34(23,6)28(25)15-17-35(26,27)7/h20-29,31,38H,8-19H2,1-7H3,(H,36,40)(H,37,39)(H,41,42)/t22?,23-,24-,25+,26-,27+,28+,29?,31?,34+,35-/m1/s1. The number of carbonyl (C=O) groups is 3. The molecule has 0 radical (unpaired) electrons. The number of fused-ring (bicyclic) bond motifs is 5. The van der Waals surface area contributed by atoms with E-state index in [1.165, 1.54) is 44.9 Å². The molecule has 11 atom stereocenters. The molecule has 2 amide bonds. The van der Waals surface area contributed by atoms with Crippen LogP contribution in [0.5, 0.6) is 0 Å². The quantitative estimate of drug-likeness (QED) is 0.230. The van der Waals surface area contributed by atoms with Gasteiger partial charge in [-0.3, -0.25) is 9.59 Å². The molecule has 0 heterocycles. The van der Waals surface area contributed by atoms with Gasteiger partial charge in [0.2, 0.25) is 11.8 Å². The first-order valence-electron chi connectivity index (χ1n) is 17.2. The second-order valence-corrected chi connectivity index (χ2v) is 16.1. The summed E-state index contributed by atoms with van der Waals surface area (Å²) in [6.07, 6.45) is 12.3. The highest BCUT2D eigenvalue weighted by Crippen LogP contribution is 2.68. The summed E-state index contributed by atoms with van der Waals surface area (Å²) in [5.74, 6) is 2.50. The fourth-order valence-corrected chi connectivity index (χ4v) is 10.5. The van der Waals surface area contributed by atoms with E-state index in [1.54, 1.807) is 0 Å². The molecule has 0 aliphatic heterocycles. The molecule has 4 aliphatic carbocycles. The smallest absolute Gasteiger partial charge is 0.326 e. The Morgan fingerprint density at radius 1 is 0.857 bits per heavy atom. The van der Waals surface area contributed by atoms with Gasteiger partial charge in [-0.2, -0.15) is 0 Å². The van der Waals surface area contributed by atoms with Crippen LogP contribution in [0.1, 0.15) is 126 Å². The molecule has 240 valence electrons.